The average Bonchev–Trinajstić information content (AvgIpc) is 2.68. The summed E-state index contributed by atoms with van der Waals surface area (Å²) in [5, 5.41) is 10.4. The molecular formula is C23H31NO2. The molecule has 1 N–H and O–H groups in total. The minimum atomic E-state index is -0.439. The maximum atomic E-state index is 10.4. The third kappa shape index (κ3) is 5.86. The lowest BCUT2D eigenvalue weighted by Crippen LogP contribution is -2.40. The second-order valence-corrected chi connectivity index (χ2v) is 7.54. The molecule has 0 radical (unpaired) electrons. The molecule has 1 unspecified atom stereocenters. The molecule has 140 valence electrons. The Labute approximate surface area is 157 Å². The molecule has 1 saturated heterocycles. The van der Waals surface area contributed by atoms with Crippen molar-refractivity contribution in [2.75, 3.05) is 26.2 Å². The van der Waals surface area contributed by atoms with E-state index in [9.17, 15) is 5.11 Å². The zero-order chi connectivity index (χ0) is 18.2. The summed E-state index contributed by atoms with van der Waals surface area (Å²) >= 11 is 0. The fourth-order valence-electron chi connectivity index (χ4n) is 3.56. The molecule has 3 nitrogen and oxygen atoms in total. The molecule has 0 aromatic heterocycles. The number of ether oxygens (including phenoxy) is 1. The first kappa shape index (κ1) is 18.9. The molecule has 1 aliphatic rings. The first-order chi connectivity index (χ1) is 12.7. The predicted molar refractivity (Wildman–Crippen MR) is 107 cm³/mol. The number of aryl methyl sites for hydroxylation is 2. The van der Waals surface area contributed by atoms with Gasteiger partial charge in [-0.2, -0.15) is 0 Å². The molecule has 1 heterocycles. The van der Waals surface area contributed by atoms with E-state index >= 15 is 0 Å². The monoisotopic (exact) mass is 353 g/mol. The topological polar surface area (TPSA) is 32.7 Å². The molecule has 26 heavy (non-hydrogen) atoms. The van der Waals surface area contributed by atoms with Gasteiger partial charge in [0.25, 0.3) is 0 Å². The Balaban J connectivity index is 1.48. The van der Waals surface area contributed by atoms with E-state index in [1.807, 2.05) is 18.2 Å². The van der Waals surface area contributed by atoms with E-state index in [1.54, 1.807) is 0 Å². The number of para-hydroxylation sites is 1. The molecule has 0 aliphatic carbocycles. The molecule has 0 amide bonds. The molecule has 0 bridgehead atoms. The molecule has 3 heteroatoms. The summed E-state index contributed by atoms with van der Waals surface area (Å²) in [6, 6.07) is 18.7. The van der Waals surface area contributed by atoms with Crippen LogP contribution in [-0.4, -0.2) is 42.4 Å². The van der Waals surface area contributed by atoms with E-state index in [2.05, 4.69) is 48.2 Å². The lowest BCUT2D eigenvalue weighted by molar-refractivity contribution is 0.0560. The van der Waals surface area contributed by atoms with Gasteiger partial charge in [-0.3, -0.25) is 0 Å². The number of rotatable bonds is 8. The lowest BCUT2D eigenvalue weighted by atomic mass is 9.99. The van der Waals surface area contributed by atoms with Crippen molar-refractivity contribution in [2.45, 2.75) is 38.7 Å². The summed E-state index contributed by atoms with van der Waals surface area (Å²) in [4.78, 5) is 2.36. The zero-order valence-corrected chi connectivity index (χ0v) is 15.8. The SMILES string of the molecule is CC1CCN(CC(O)COc2ccccc2CCc2ccccc2)CC1. The summed E-state index contributed by atoms with van der Waals surface area (Å²) in [7, 11) is 0. The Morgan fingerprint density at radius 2 is 1.69 bits per heavy atom. The van der Waals surface area contributed by atoms with Gasteiger partial charge in [0.1, 0.15) is 18.5 Å². The van der Waals surface area contributed by atoms with Crippen LogP contribution in [0.25, 0.3) is 0 Å². The lowest BCUT2D eigenvalue weighted by Gasteiger charge is -2.31. The van der Waals surface area contributed by atoms with E-state index in [4.69, 9.17) is 4.74 Å². The van der Waals surface area contributed by atoms with Crippen LogP contribution in [0.3, 0.4) is 0 Å². The summed E-state index contributed by atoms with van der Waals surface area (Å²) in [6.45, 7) is 5.55. The highest BCUT2D eigenvalue weighted by Gasteiger charge is 2.18. The van der Waals surface area contributed by atoms with Crippen molar-refractivity contribution in [1.82, 2.24) is 4.90 Å². The van der Waals surface area contributed by atoms with Crippen LogP contribution in [0.4, 0.5) is 0 Å². The van der Waals surface area contributed by atoms with Crippen LogP contribution in [0.15, 0.2) is 54.6 Å². The van der Waals surface area contributed by atoms with Crippen LogP contribution in [-0.2, 0) is 12.8 Å². The number of nitrogens with zero attached hydrogens (tertiary/aromatic N) is 1. The van der Waals surface area contributed by atoms with Gasteiger partial charge in [0.05, 0.1) is 0 Å². The predicted octanol–water partition coefficient (Wildman–Crippen LogP) is 3.94. The Morgan fingerprint density at radius 3 is 2.46 bits per heavy atom. The van der Waals surface area contributed by atoms with E-state index < -0.39 is 6.10 Å². The summed E-state index contributed by atoms with van der Waals surface area (Å²) in [5.41, 5.74) is 2.54. The van der Waals surface area contributed by atoms with Crippen molar-refractivity contribution in [1.29, 1.82) is 0 Å². The highest BCUT2D eigenvalue weighted by atomic mass is 16.5. The van der Waals surface area contributed by atoms with Crippen LogP contribution in [0, 0.1) is 5.92 Å². The molecular weight excluding hydrogens is 322 g/mol. The number of benzene rings is 2. The van der Waals surface area contributed by atoms with Gasteiger partial charge in [0.2, 0.25) is 0 Å². The van der Waals surface area contributed by atoms with Gasteiger partial charge in [-0.05, 0) is 61.9 Å². The molecule has 3 rings (SSSR count). The largest absolute Gasteiger partial charge is 0.491 e. The summed E-state index contributed by atoms with van der Waals surface area (Å²) in [6.07, 6.45) is 3.97. The average molecular weight is 354 g/mol. The first-order valence-corrected chi connectivity index (χ1v) is 9.86. The Kier molecular flexibility index (Phi) is 7.10. The Morgan fingerprint density at radius 1 is 1.00 bits per heavy atom. The number of piperidine rings is 1. The minimum Gasteiger partial charge on any atom is -0.491 e. The molecule has 2 aromatic carbocycles. The zero-order valence-electron chi connectivity index (χ0n) is 15.8. The summed E-state index contributed by atoms with van der Waals surface area (Å²) < 4.78 is 5.97. The molecule has 1 aliphatic heterocycles. The van der Waals surface area contributed by atoms with Crippen LogP contribution in [0.1, 0.15) is 30.9 Å². The molecule has 1 atom stereocenters. The molecule has 1 fully saturated rings. The van der Waals surface area contributed by atoms with E-state index in [0.29, 0.717) is 13.2 Å². The van der Waals surface area contributed by atoms with Crippen molar-refractivity contribution >= 4 is 0 Å². The molecule has 0 saturated carbocycles. The van der Waals surface area contributed by atoms with Gasteiger partial charge in [-0.1, -0.05) is 55.5 Å². The number of likely N-dealkylation sites (tertiary alicyclic amines) is 1. The van der Waals surface area contributed by atoms with Gasteiger partial charge >= 0.3 is 0 Å². The van der Waals surface area contributed by atoms with Gasteiger partial charge < -0.3 is 14.7 Å². The third-order valence-corrected chi connectivity index (χ3v) is 5.27. The number of aliphatic hydroxyl groups is 1. The van der Waals surface area contributed by atoms with Crippen LogP contribution in [0.5, 0.6) is 5.75 Å². The van der Waals surface area contributed by atoms with E-state index in [-0.39, 0.29) is 0 Å². The van der Waals surface area contributed by atoms with Crippen molar-refractivity contribution < 1.29 is 9.84 Å². The summed E-state index contributed by atoms with van der Waals surface area (Å²) in [5.74, 6) is 1.71. The number of hydrogen-bond acceptors (Lipinski definition) is 3. The van der Waals surface area contributed by atoms with E-state index in [0.717, 1.165) is 37.6 Å². The Hall–Kier alpha value is -1.84. The van der Waals surface area contributed by atoms with Crippen LogP contribution < -0.4 is 4.74 Å². The quantitative estimate of drug-likeness (QED) is 0.780. The maximum absolute atomic E-state index is 10.4. The van der Waals surface area contributed by atoms with E-state index in [1.165, 1.54) is 24.0 Å². The fraction of sp³-hybridized carbons (Fsp3) is 0.478. The second kappa shape index (κ2) is 9.75. The standard InChI is InChI=1S/C23H31NO2/c1-19-13-15-24(16-14-19)17-22(25)18-26-23-10-6-5-9-21(23)12-11-20-7-3-2-4-8-20/h2-10,19,22,25H,11-18H2,1H3. The molecule has 2 aromatic rings. The highest BCUT2D eigenvalue weighted by molar-refractivity contribution is 5.34. The number of β-amino-alcohol motifs (C(OH)–C–C–N with tert-alkyl or cyclic N) is 1. The first-order valence-electron chi connectivity index (χ1n) is 9.86. The van der Waals surface area contributed by atoms with Crippen LogP contribution in [0.2, 0.25) is 0 Å². The number of aliphatic hydroxyl groups excluding tert-OH is 1. The van der Waals surface area contributed by atoms with Crippen molar-refractivity contribution in [2.24, 2.45) is 5.92 Å². The van der Waals surface area contributed by atoms with Gasteiger partial charge in [0.15, 0.2) is 0 Å². The minimum absolute atomic E-state index is 0.356. The van der Waals surface area contributed by atoms with Gasteiger partial charge in [-0.15, -0.1) is 0 Å². The van der Waals surface area contributed by atoms with Crippen molar-refractivity contribution in [3.05, 3.63) is 65.7 Å². The fourth-order valence-corrected chi connectivity index (χ4v) is 3.56. The Bertz CT molecular complexity index is 650. The van der Waals surface area contributed by atoms with Crippen molar-refractivity contribution in [3.8, 4) is 5.75 Å². The van der Waals surface area contributed by atoms with Crippen molar-refractivity contribution in [3.63, 3.8) is 0 Å². The third-order valence-electron chi connectivity index (χ3n) is 5.27. The second-order valence-electron chi connectivity index (χ2n) is 7.54. The highest BCUT2D eigenvalue weighted by Crippen LogP contribution is 2.21. The molecule has 0 spiro atoms. The van der Waals surface area contributed by atoms with Gasteiger partial charge in [-0.25, -0.2) is 0 Å². The maximum Gasteiger partial charge on any atom is 0.122 e. The number of hydrogen-bond donors (Lipinski definition) is 1. The smallest absolute Gasteiger partial charge is 0.122 e. The van der Waals surface area contributed by atoms with Crippen LogP contribution >= 0.6 is 0 Å². The van der Waals surface area contributed by atoms with Gasteiger partial charge in [0, 0.05) is 6.54 Å². The normalized spacial score (nSPS) is 17.2.